The lowest BCUT2D eigenvalue weighted by Gasteiger charge is -2.42. The van der Waals surface area contributed by atoms with Crippen molar-refractivity contribution in [3.63, 3.8) is 0 Å². The largest absolute Gasteiger partial charge is 0.366 e. The molecule has 4 unspecified atom stereocenters. The summed E-state index contributed by atoms with van der Waals surface area (Å²) in [6, 6.07) is -0.161. The van der Waals surface area contributed by atoms with E-state index in [2.05, 4.69) is 15.6 Å². The van der Waals surface area contributed by atoms with E-state index in [9.17, 15) is 5.11 Å². The first-order valence-corrected chi connectivity index (χ1v) is 4.72. The van der Waals surface area contributed by atoms with Gasteiger partial charge in [-0.1, -0.05) is 0 Å². The Morgan fingerprint density at radius 3 is 3.40 bits per heavy atom. The van der Waals surface area contributed by atoms with Gasteiger partial charge in [-0.3, -0.25) is 5.32 Å². The number of rotatable bonds is 0. The number of nitrogens with one attached hydrogen (secondary N) is 2. The van der Waals surface area contributed by atoms with Gasteiger partial charge in [-0.25, -0.2) is 4.99 Å². The van der Waals surface area contributed by atoms with Gasteiger partial charge < -0.3 is 19.9 Å². The summed E-state index contributed by atoms with van der Waals surface area (Å²) in [5.41, 5.74) is -1.28. The zero-order valence-corrected chi connectivity index (χ0v) is 7.80. The average molecular weight is 210 g/mol. The predicted molar refractivity (Wildman–Crippen MR) is 47.3 cm³/mol. The summed E-state index contributed by atoms with van der Waals surface area (Å²) in [5, 5.41) is 23.8. The molecule has 0 amide bonds. The Hall–Kier alpha value is -1.36. The Morgan fingerprint density at radius 1 is 1.73 bits per heavy atom. The number of hydrogen-bond acceptors (Lipinski definition) is 7. The highest BCUT2D eigenvalue weighted by molar-refractivity contribution is 5.82. The molecule has 0 aromatic carbocycles. The molecule has 3 aliphatic rings. The topological polar surface area (TPSA) is 98.9 Å². The van der Waals surface area contributed by atoms with Crippen LogP contribution in [0.3, 0.4) is 0 Å². The van der Waals surface area contributed by atoms with Crippen molar-refractivity contribution in [2.45, 2.75) is 30.6 Å². The minimum absolute atomic E-state index is 0.118. The first-order valence-electron chi connectivity index (χ1n) is 4.72. The molecule has 0 aromatic rings. The number of nitriles is 1. The van der Waals surface area contributed by atoms with E-state index in [0.29, 0.717) is 13.0 Å². The molecule has 4 atom stereocenters. The van der Waals surface area contributed by atoms with Gasteiger partial charge >= 0.3 is 0 Å². The maximum atomic E-state index is 10.2. The summed E-state index contributed by atoms with van der Waals surface area (Å²) in [7, 11) is 0. The quantitative estimate of drug-likeness (QED) is 0.323. The zero-order chi connectivity index (χ0) is 10.5. The molecule has 0 aromatic heterocycles. The lowest BCUT2D eigenvalue weighted by molar-refractivity contribution is -0.225. The fraction of sp³-hybridized carbons (Fsp3) is 0.750. The lowest BCUT2D eigenvalue weighted by Crippen LogP contribution is -2.66. The number of hydrogen-bond donors (Lipinski definition) is 3. The van der Waals surface area contributed by atoms with E-state index in [1.54, 1.807) is 6.19 Å². The van der Waals surface area contributed by atoms with Crippen molar-refractivity contribution in [2.24, 2.45) is 4.99 Å². The SMILES string of the molecule is N#CNC1=NC2CC(O)(N1)C1OCC2O1. The van der Waals surface area contributed by atoms with Crippen LogP contribution in [0.15, 0.2) is 4.99 Å². The third-order valence-electron chi connectivity index (χ3n) is 2.85. The van der Waals surface area contributed by atoms with Gasteiger partial charge in [-0.05, 0) is 0 Å². The van der Waals surface area contributed by atoms with E-state index >= 15 is 0 Å². The van der Waals surface area contributed by atoms with Crippen molar-refractivity contribution < 1.29 is 14.6 Å². The Kier molecular flexibility index (Phi) is 1.68. The van der Waals surface area contributed by atoms with Crippen LogP contribution in [-0.4, -0.2) is 41.8 Å². The van der Waals surface area contributed by atoms with Crippen LogP contribution in [0.1, 0.15) is 6.42 Å². The third kappa shape index (κ3) is 1.19. The summed E-state index contributed by atoms with van der Waals surface area (Å²) < 4.78 is 10.7. The number of nitrogens with zero attached hydrogens (tertiary/aromatic N) is 2. The fourth-order valence-corrected chi connectivity index (χ4v) is 2.18. The van der Waals surface area contributed by atoms with Crippen molar-refractivity contribution in [3.05, 3.63) is 0 Å². The number of aliphatic hydroxyl groups is 1. The van der Waals surface area contributed by atoms with Gasteiger partial charge in [0.25, 0.3) is 0 Å². The first-order chi connectivity index (χ1) is 7.21. The highest BCUT2D eigenvalue weighted by atomic mass is 16.7. The maximum absolute atomic E-state index is 10.2. The van der Waals surface area contributed by atoms with Crippen molar-refractivity contribution in [3.8, 4) is 6.19 Å². The molecule has 7 nitrogen and oxygen atoms in total. The molecule has 80 valence electrons. The van der Waals surface area contributed by atoms with Crippen molar-refractivity contribution >= 4 is 5.96 Å². The molecule has 0 aliphatic carbocycles. The number of guanidine groups is 1. The van der Waals surface area contributed by atoms with E-state index in [1.807, 2.05) is 0 Å². The van der Waals surface area contributed by atoms with E-state index in [1.165, 1.54) is 0 Å². The molecule has 0 spiro atoms. The van der Waals surface area contributed by atoms with Crippen LogP contribution < -0.4 is 10.6 Å². The van der Waals surface area contributed by atoms with Crippen LogP contribution in [0.4, 0.5) is 0 Å². The standard InChI is InChI=1S/C8H10N4O3/c9-3-10-7-11-4-1-8(13,12-7)6-14-2-5(4)15-6/h4-6,13H,1-2H2,(H2,10,11,12). The highest BCUT2D eigenvalue weighted by Crippen LogP contribution is 2.36. The van der Waals surface area contributed by atoms with Gasteiger partial charge in [0.1, 0.15) is 6.10 Å². The normalized spacial score (nSPS) is 46.4. The molecule has 3 aliphatic heterocycles. The second-order valence-electron chi connectivity index (χ2n) is 3.88. The number of fused-ring (bicyclic) bond motifs is 6. The summed E-state index contributed by atoms with van der Waals surface area (Å²) in [6.07, 6.45) is 1.41. The molecule has 0 radical (unpaired) electrons. The lowest BCUT2D eigenvalue weighted by atomic mass is 9.95. The smallest absolute Gasteiger partial charge is 0.207 e. The van der Waals surface area contributed by atoms with Gasteiger partial charge in [0.2, 0.25) is 12.2 Å². The fourth-order valence-electron chi connectivity index (χ4n) is 2.18. The van der Waals surface area contributed by atoms with Crippen molar-refractivity contribution in [2.75, 3.05) is 6.61 Å². The Bertz CT molecular complexity index is 365. The number of aliphatic imine (C=N–C) groups is 1. The van der Waals surface area contributed by atoms with Crippen LogP contribution >= 0.6 is 0 Å². The van der Waals surface area contributed by atoms with Gasteiger partial charge in [0, 0.05) is 6.42 Å². The van der Waals surface area contributed by atoms with E-state index in [-0.39, 0.29) is 18.1 Å². The Morgan fingerprint density at radius 2 is 2.60 bits per heavy atom. The van der Waals surface area contributed by atoms with E-state index < -0.39 is 12.0 Å². The van der Waals surface area contributed by atoms with Crippen molar-refractivity contribution in [1.29, 1.82) is 5.26 Å². The van der Waals surface area contributed by atoms with Crippen LogP contribution in [0.25, 0.3) is 0 Å². The summed E-state index contributed by atoms with van der Waals surface area (Å²) in [5.74, 6) is 0.278. The molecule has 0 saturated carbocycles. The minimum atomic E-state index is -1.28. The van der Waals surface area contributed by atoms with Crippen molar-refractivity contribution in [1.82, 2.24) is 10.6 Å². The van der Waals surface area contributed by atoms with Crippen LogP contribution in [0, 0.1) is 11.5 Å². The minimum Gasteiger partial charge on any atom is -0.366 e. The molecule has 3 rings (SSSR count). The molecule has 2 saturated heterocycles. The van der Waals surface area contributed by atoms with Gasteiger partial charge in [-0.15, -0.1) is 0 Å². The molecular weight excluding hydrogens is 200 g/mol. The Labute approximate surface area is 85.7 Å². The number of ether oxygens (including phenoxy) is 2. The first kappa shape index (κ1) is 8.91. The predicted octanol–water partition coefficient (Wildman–Crippen LogP) is -1.78. The molecule has 2 fully saturated rings. The summed E-state index contributed by atoms with van der Waals surface area (Å²) in [4.78, 5) is 4.22. The van der Waals surface area contributed by atoms with Crippen LogP contribution in [-0.2, 0) is 9.47 Å². The third-order valence-corrected chi connectivity index (χ3v) is 2.85. The molecule has 7 heteroatoms. The Balaban J connectivity index is 1.94. The molecule has 15 heavy (non-hydrogen) atoms. The zero-order valence-electron chi connectivity index (χ0n) is 7.80. The van der Waals surface area contributed by atoms with Crippen LogP contribution in [0.2, 0.25) is 0 Å². The summed E-state index contributed by atoms with van der Waals surface area (Å²) >= 11 is 0. The van der Waals surface area contributed by atoms with E-state index in [0.717, 1.165) is 0 Å². The highest BCUT2D eigenvalue weighted by Gasteiger charge is 2.55. The maximum Gasteiger partial charge on any atom is 0.207 e. The van der Waals surface area contributed by atoms with Gasteiger partial charge in [0.15, 0.2) is 11.9 Å². The molecule has 3 N–H and O–H groups in total. The monoisotopic (exact) mass is 210 g/mol. The second kappa shape index (κ2) is 2.82. The van der Waals surface area contributed by atoms with E-state index in [4.69, 9.17) is 14.7 Å². The van der Waals surface area contributed by atoms with Gasteiger partial charge in [0.05, 0.1) is 12.6 Å². The van der Waals surface area contributed by atoms with Crippen LogP contribution in [0.5, 0.6) is 0 Å². The molecule has 4 bridgehead atoms. The second-order valence-corrected chi connectivity index (χ2v) is 3.88. The average Bonchev–Trinajstić information content (AvgIpc) is 2.62. The summed E-state index contributed by atoms with van der Waals surface area (Å²) in [6.45, 7) is 0.433. The van der Waals surface area contributed by atoms with Gasteiger partial charge in [-0.2, -0.15) is 5.26 Å². The molecule has 3 heterocycles. The molecular formula is C8H10N4O3.